The van der Waals surface area contributed by atoms with Crippen molar-refractivity contribution in [1.82, 2.24) is 20.0 Å². The average molecular weight is 556 g/mol. The van der Waals surface area contributed by atoms with Crippen LogP contribution in [-0.2, 0) is 9.53 Å². The molecule has 1 atom stereocenters. The molecule has 3 fully saturated rings. The lowest BCUT2D eigenvalue weighted by atomic mass is 10.2. The molecular formula is C23H37IN6O2. The number of nitrogens with one attached hydrogen (secondary N) is 1. The van der Waals surface area contributed by atoms with E-state index < -0.39 is 0 Å². The highest BCUT2D eigenvalue weighted by Gasteiger charge is 2.30. The molecule has 3 heterocycles. The maximum Gasteiger partial charge on any atom is 0.224 e. The van der Waals surface area contributed by atoms with E-state index in [4.69, 9.17) is 4.74 Å². The summed E-state index contributed by atoms with van der Waals surface area (Å²) in [5, 5.41) is 3.41. The van der Waals surface area contributed by atoms with Crippen LogP contribution >= 0.6 is 24.0 Å². The number of carbonyl (C=O) groups is 1. The van der Waals surface area contributed by atoms with Gasteiger partial charge in [0, 0.05) is 84.1 Å². The molecule has 1 amide bonds. The summed E-state index contributed by atoms with van der Waals surface area (Å²) in [7, 11) is 1.83. The Hall–Kier alpha value is -1.59. The smallest absolute Gasteiger partial charge is 0.224 e. The Kier molecular flexibility index (Phi) is 9.86. The Bertz CT molecular complexity index is 735. The van der Waals surface area contributed by atoms with E-state index in [2.05, 4.69) is 49.3 Å². The number of rotatable bonds is 5. The third kappa shape index (κ3) is 6.48. The summed E-state index contributed by atoms with van der Waals surface area (Å²) in [5.41, 5.74) is 1.24. The molecule has 9 heteroatoms. The fourth-order valence-electron chi connectivity index (χ4n) is 4.80. The van der Waals surface area contributed by atoms with Crippen molar-refractivity contribution in [1.29, 1.82) is 0 Å². The topological polar surface area (TPSA) is 63.7 Å². The average Bonchev–Trinajstić information content (AvgIpc) is 3.33. The zero-order valence-corrected chi connectivity index (χ0v) is 21.4. The van der Waals surface area contributed by atoms with Gasteiger partial charge in [-0.2, -0.15) is 0 Å². The summed E-state index contributed by atoms with van der Waals surface area (Å²) >= 11 is 0. The molecule has 1 N–H and O–H groups in total. The van der Waals surface area contributed by atoms with Gasteiger partial charge >= 0.3 is 0 Å². The molecule has 178 valence electrons. The van der Waals surface area contributed by atoms with E-state index in [1.54, 1.807) is 0 Å². The molecule has 0 aromatic heterocycles. The number of carbonyl (C=O) groups excluding carboxylic acids is 1. The van der Waals surface area contributed by atoms with Crippen molar-refractivity contribution in [2.24, 2.45) is 4.99 Å². The standard InChI is InChI=1S/C23H36N6O2.HI/c1-24-23(29-10-8-21(19-29)27-15-17-31-18-16-27)25-9-7-22(30)28-13-11-26(12-14-28)20-5-3-2-4-6-20;/h2-6,21H,7-19H2,1H3,(H,24,25);1H. The van der Waals surface area contributed by atoms with Crippen molar-refractivity contribution < 1.29 is 9.53 Å². The zero-order valence-electron chi connectivity index (χ0n) is 19.1. The molecule has 3 aliphatic rings. The van der Waals surface area contributed by atoms with Crippen molar-refractivity contribution in [3.05, 3.63) is 30.3 Å². The van der Waals surface area contributed by atoms with Crippen LogP contribution in [0.4, 0.5) is 5.69 Å². The number of morpholine rings is 1. The van der Waals surface area contributed by atoms with Gasteiger partial charge in [-0.25, -0.2) is 0 Å². The van der Waals surface area contributed by atoms with E-state index in [1.165, 1.54) is 5.69 Å². The molecule has 0 aliphatic carbocycles. The van der Waals surface area contributed by atoms with E-state index in [-0.39, 0.29) is 29.9 Å². The first kappa shape index (κ1) is 25.0. The Morgan fingerprint density at radius 3 is 2.44 bits per heavy atom. The maximum atomic E-state index is 12.7. The number of anilines is 1. The maximum absolute atomic E-state index is 12.7. The summed E-state index contributed by atoms with van der Waals surface area (Å²) in [5.74, 6) is 1.14. The van der Waals surface area contributed by atoms with Crippen LogP contribution in [0.1, 0.15) is 12.8 Å². The lowest BCUT2D eigenvalue weighted by Gasteiger charge is -2.36. The van der Waals surface area contributed by atoms with Gasteiger partial charge in [-0.3, -0.25) is 14.7 Å². The second kappa shape index (κ2) is 12.6. The highest BCUT2D eigenvalue weighted by Crippen LogP contribution is 2.18. The second-order valence-electron chi connectivity index (χ2n) is 8.46. The normalized spacial score (nSPS) is 22.6. The summed E-state index contributed by atoms with van der Waals surface area (Å²) in [6, 6.07) is 11.0. The van der Waals surface area contributed by atoms with Gasteiger partial charge in [0.05, 0.1) is 13.2 Å². The van der Waals surface area contributed by atoms with Crippen LogP contribution in [0.2, 0.25) is 0 Å². The number of benzene rings is 1. The Morgan fingerprint density at radius 1 is 1.03 bits per heavy atom. The van der Waals surface area contributed by atoms with Crippen molar-refractivity contribution in [2.75, 3.05) is 84.1 Å². The number of hydrogen-bond donors (Lipinski definition) is 1. The summed E-state index contributed by atoms with van der Waals surface area (Å²) in [6.07, 6.45) is 1.66. The molecule has 0 spiro atoms. The van der Waals surface area contributed by atoms with Gasteiger partial charge in [-0.15, -0.1) is 24.0 Å². The molecule has 1 unspecified atom stereocenters. The number of nitrogens with zero attached hydrogens (tertiary/aromatic N) is 5. The van der Waals surface area contributed by atoms with Gasteiger partial charge in [-0.1, -0.05) is 18.2 Å². The lowest BCUT2D eigenvalue weighted by Crippen LogP contribution is -2.50. The van der Waals surface area contributed by atoms with Gasteiger partial charge in [0.1, 0.15) is 0 Å². The Balaban J connectivity index is 0.00000289. The molecule has 3 saturated heterocycles. The first-order valence-corrected chi connectivity index (χ1v) is 11.6. The highest BCUT2D eigenvalue weighted by atomic mass is 127. The van der Waals surface area contributed by atoms with Crippen LogP contribution in [0.25, 0.3) is 0 Å². The first-order valence-electron chi connectivity index (χ1n) is 11.6. The SMILES string of the molecule is CN=C(NCCC(=O)N1CCN(c2ccccc2)CC1)N1CCC(N2CCOCC2)C1.I. The predicted molar refractivity (Wildman–Crippen MR) is 139 cm³/mol. The van der Waals surface area contributed by atoms with Crippen molar-refractivity contribution in [2.45, 2.75) is 18.9 Å². The fourth-order valence-corrected chi connectivity index (χ4v) is 4.80. The molecule has 1 aromatic rings. The van der Waals surface area contributed by atoms with Crippen LogP contribution in [0.5, 0.6) is 0 Å². The van der Waals surface area contributed by atoms with E-state index in [9.17, 15) is 4.79 Å². The largest absolute Gasteiger partial charge is 0.379 e. The van der Waals surface area contributed by atoms with Crippen LogP contribution < -0.4 is 10.2 Å². The Labute approximate surface area is 209 Å². The minimum absolute atomic E-state index is 0. The third-order valence-corrected chi connectivity index (χ3v) is 6.61. The van der Waals surface area contributed by atoms with Gasteiger partial charge in [0.25, 0.3) is 0 Å². The molecule has 4 rings (SSSR count). The summed E-state index contributed by atoms with van der Waals surface area (Å²) < 4.78 is 5.48. The van der Waals surface area contributed by atoms with Gasteiger partial charge in [0.15, 0.2) is 5.96 Å². The number of aliphatic imine (C=N–C) groups is 1. The number of ether oxygens (including phenoxy) is 1. The van der Waals surface area contributed by atoms with Crippen LogP contribution in [0.15, 0.2) is 35.3 Å². The van der Waals surface area contributed by atoms with E-state index >= 15 is 0 Å². The van der Waals surface area contributed by atoms with E-state index in [1.807, 2.05) is 18.0 Å². The number of para-hydroxylation sites is 1. The lowest BCUT2D eigenvalue weighted by molar-refractivity contribution is -0.131. The van der Waals surface area contributed by atoms with Gasteiger partial charge < -0.3 is 24.8 Å². The summed E-state index contributed by atoms with van der Waals surface area (Å²) in [6.45, 7) is 9.72. The van der Waals surface area contributed by atoms with Crippen molar-refractivity contribution in [3.8, 4) is 0 Å². The molecule has 3 aliphatic heterocycles. The highest BCUT2D eigenvalue weighted by molar-refractivity contribution is 14.0. The quantitative estimate of drug-likeness (QED) is 0.336. The number of piperazine rings is 1. The van der Waals surface area contributed by atoms with Crippen LogP contribution in [0, 0.1) is 0 Å². The monoisotopic (exact) mass is 556 g/mol. The number of amides is 1. The fraction of sp³-hybridized carbons (Fsp3) is 0.652. The molecule has 8 nitrogen and oxygen atoms in total. The number of hydrogen-bond acceptors (Lipinski definition) is 5. The first-order chi connectivity index (χ1) is 15.2. The summed E-state index contributed by atoms with van der Waals surface area (Å²) in [4.78, 5) is 26.3. The molecular weight excluding hydrogens is 519 g/mol. The third-order valence-electron chi connectivity index (χ3n) is 6.61. The minimum Gasteiger partial charge on any atom is -0.379 e. The van der Waals surface area contributed by atoms with Crippen molar-refractivity contribution >= 4 is 41.5 Å². The predicted octanol–water partition coefficient (Wildman–Crippen LogP) is 1.33. The molecule has 1 aromatic carbocycles. The van der Waals surface area contributed by atoms with Crippen LogP contribution in [0.3, 0.4) is 0 Å². The minimum atomic E-state index is 0. The number of likely N-dealkylation sites (tertiary alicyclic amines) is 1. The molecule has 32 heavy (non-hydrogen) atoms. The number of guanidine groups is 1. The number of halogens is 1. The zero-order chi connectivity index (χ0) is 21.5. The van der Waals surface area contributed by atoms with E-state index in [0.29, 0.717) is 19.0 Å². The Morgan fingerprint density at radius 2 is 1.75 bits per heavy atom. The second-order valence-corrected chi connectivity index (χ2v) is 8.46. The van der Waals surface area contributed by atoms with Gasteiger partial charge in [0.2, 0.25) is 5.91 Å². The van der Waals surface area contributed by atoms with Crippen molar-refractivity contribution in [3.63, 3.8) is 0 Å². The van der Waals surface area contributed by atoms with Crippen LogP contribution in [-0.4, -0.2) is 112 Å². The molecule has 0 radical (unpaired) electrons. The molecule has 0 saturated carbocycles. The van der Waals surface area contributed by atoms with Gasteiger partial charge in [-0.05, 0) is 18.6 Å². The van der Waals surface area contributed by atoms with E-state index in [0.717, 1.165) is 78.0 Å². The molecule has 0 bridgehead atoms.